The zero-order valence-corrected chi connectivity index (χ0v) is 5.89. The van der Waals surface area contributed by atoms with E-state index in [2.05, 4.69) is 10.6 Å². The molecule has 0 aliphatic carbocycles. The van der Waals surface area contributed by atoms with Gasteiger partial charge in [0, 0.05) is 12.6 Å². The Morgan fingerprint density at radius 2 is 2.20 bits per heavy atom. The standard InChI is InChI=1S/C7H12N2O/c10-7-5-1-3-8-6(5)2-4-9-7/h5-6,8H,1-4H2,(H,9,10). The van der Waals surface area contributed by atoms with Crippen LogP contribution in [-0.2, 0) is 4.79 Å². The van der Waals surface area contributed by atoms with E-state index in [-0.39, 0.29) is 11.8 Å². The van der Waals surface area contributed by atoms with Crippen LogP contribution in [0.25, 0.3) is 0 Å². The second-order valence-electron chi connectivity index (χ2n) is 3.04. The van der Waals surface area contributed by atoms with Crippen LogP contribution in [0.15, 0.2) is 0 Å². The van der Waals surface area contributed by atoms with Crippen LogP contribution in [0.4, 0.5) is 0 Å². The fourth-order valence-electron chi connectivity index (χ4n) is 1.87. The lowest BCUT2D eigenvalue weighted by molar-refractivity contribution is -0.126. The predicted molar refractivity (Wildman–Crippen MR) is 37.5 cm³/mol. The van der Waals surface area contributed by atoms with Crippen LogP contribution in [0.2, 0.25) is 0 Å². The van der Waals surface area contributed by atoms with Crippen LogP contribution in [0, 0.1) is 5.92 Å². The van der Waals surface area contributed by atoms with Crippen LogP contribution in [-0.4, -0.2) is 25.0 Å². The Hall–Kier alpha value is -0.570. The first-order chi connectivity index (χ1) is 4.88. The van der Waals surface area contributed by atoms with Crippen LogP contribution >= 0.6 is 0 Å². The highest BCUT2D eigenvalue weighted by atomic mass is 16.2. The number of nitrogens with one attached hydrogen (secondary N) is 2. The Kier molecular flexibility index (Phi) is 1.38. The van der Waals surface area contributed by atoms with Gasteiger partial charge in [0.2, 0.25) is 5.91 Å². The summed E-state index contributed by atoms with van der Waals surface area (Å²) in [7, 11) is 0. The molecule has 10 heavy (non-hydrogen) atoms. The number of rotatable bonds is 0. The van der Waals surface area contributed by atoms with Gasteiger partial charge in [-0.05, 0) is 19.4 Å². The number of amides is 1. The number of carbonyl (C=O) groups excluding carboxylic acids is 1. The molecule has 0 aromatic heterocycles. The molecule has 2 N–H and O–H groups in total. The van der Waals surface area contributed by atoms with Crippen LogP contribution in [0.1, 0.15) is 12.8 Å². The monoisotopic (exact) mass is 140 g/mol. The van der Waals surface area contributed by atoms with Gasteiger partial charge in [0.15, 0.2) is 0 Å². The fourth-order valence-corrected chi connectivity index (χ4v) is 1.87. The highest BCUT2D eigenvalue weighted by Gasteiger charge is 2.34. The third-order valence-electron chi connectivity index (χ3n) is 2.44. The van der Waals surface area contributed by atoms with Gasteiger partial charge in [0.05, 0.1) is 5.92 Å². The summed E-state index contributed by atoms with van der Waals surface area (Å²) < 4.78 is 0. The van der Waals surface area contributed by atoms with E-state index < -0.39 is 0 Å². The van der Waals surface area contributed by atoms with Crippen molar-refractivity contribution in [2.75, 3.05) is 13.1 Å². The molecule has 2 aliphatic rings. The van der Waals surface area contributed by atoms with Crippen molar-refractivity contribution >= 4 is 5.91 Å². The summed E-state index contributed by atoms with van der Waals surface area (Å²) >= 11 is 0. The van der Waals surface area contributed by atoms with Gasteiger partial charge in [-0.15, -0.1) is 0 Å². The van der Waals surface area contributed by atoms with Crippen LogP contribution in [0.3, 0.4) is 0 Å². The Balaban J connectivity index is 2.10. The summed E-state index contributed by atoms with van der Waals surface area (Å²) in [4.78, 5) is 11.1. The normalized spacial score (nSPS) is 39.0. The molecule has 2 unspecified atom stereocenters. The van der Waals surface area contributed by atoms with Crippen molar-refractivity contribution in [2.24, 2.45) is 5.92 Å². The number of hydrogen-bond acceptors (Lipinski definition) is 2. The topological polar surface area (TPSA) is 41.1 Å². The van der Waals surface area contributed by atoms with E-state index in [1.807, 2.05) is 0 Å². The minimum absolute atomic E-state index is 0.251. The molecule has 0 aromatic carbocycles. The summed E-state index contributed by atoms with van der Waals surface area (Å²) in [5.74, 6) is 0.523. The van der Waals surface area contributed by atoms with E-state index in [4.69, 9.17) is 0 Å². The van der Waals surface area contributed by atoms with Crippen molar-refractivity contribution in [3.63, 3.8) is 0 Å². The van der Waals surface area contributed by atoms with E-state index in [0.717, 1.165) is 25.9 Å². The fraction of sp³-hybridized carbons (Fsp3) is 0.857. The van der Waals surface area contributed by atoms with E-state index in [1.54, 1.807) is 0 Å². The SMILES string of the molecule is O=C1NCCC2NCCC12. The lowest BCUT2D eigenvalue weighted by Gasteiger charge is -2.24. The highest BCUT2D eigenvalue weighted by Crippen LogP contribution is 2.20. The molecule has 1 amide bonds. The largest absolute Gasteiger partial charge is 0.356 e. The first kappa shape index (κ1) is 6.16. The van der Waals surface area contributed by atoms with E-state index in [0.29, 0.717) is 6.04 Å². The molecule has 2 aliphatic heterocycles. The van der Waals surface area contributed by atoms with E-state index >= 15 is 0 Å². The van der Waals surface area contributed by atoms with Gasteiger partial charge in [0.1, 0.15) is 0 Å². The number of carbonyl (C=O) groups is 1. The molecule has 2 fully saturated rings. The maximum absolute atomic E-state index is 11.1. The van der Waals surface area contributed by atoms with Crippen molar-refractivity contribution < 1.29 is 4.79 Å². The summed E-state index contributed by atoms with van der Waals surface area (Å²) in [6, 6.07) is 0.480. The first-order valence-corrected chi connectivity index (χ1v) is 3.89. The van der Waals surface area contributed by atoms with Gasteiger partial charge < -0.3 is 10.6 Å². The smallest absolute Gasteiger partial charge is 0.224 e. The third kappa shape index (κ3) is 0.814. The number of piperidine rings is 1. The van der Waals surface area contributed by atoms with Gasteiger partial charge in [-0.2, -0.15) is 0 Å². The molecule has 56 valence electrons. The van der Waals surface area contributed by atoms with Gasteiger partial charge in [-0.1, -0.05) is 0 Å². The molecule has 0 bridgehead atoms. The van der Waals surface area contributed by atoms with Gasteiger partial charge in [0.25, 0.3) is 0 Å². The van der Waals surface area contributed by atoms with Gasteiger partial charge in [-0.25, -0.2) is 0 Å². The molecule has 0 radical (unpaired) electrons. The Bertz CT molecular complexity index is 158. The summed E-state index contributed by atoms with van der Waals surface area (Å²) in [5, 5.41) is 6.20. The first-order valence-electron chi connectivity index (χ1n) is 3.89. The minimum atomic E-state index is 0.251. The van der Waals surface area contributed by atoms with E-state index in [1.165, 1.54) is 0 Å². The van der Waals surface area contributed by atoms with Crippen LogP contribution in [0.5, 0.6) is 0 Å². The zero-order valence-electron chi connectivity index (χ0n) is 5.89. The van der Waals surface area contributed by atoms with Crippen molar-refractivity contribution in [3.8, 4) is 0 Å². The molecule has 2 heterocycles. The van der Waals surface area contributed by atoms with Crippen LogP contribution < -0.4 is 10.6 Å². The van der Waals surface area contributed by atoms with Crippen molar-refractivity contribution in [3.05, 3.63) is 0 Å². The molecule has 2 atom stereocenters. The molecule has 3 nitrogen and oxygen atoms in total. The van der Waals surface area contributed by atoms with E-state index in [9.17, 15) is 4.79 Å². The Labute approximate surface area is 60.2 Å². The van der Waals surface area contributed by atoms with Gasteiger partial charge >= 0.3 is 0 Å². The summed E-state index contributed by atoms with van der Waals surface area (Å²) in [5.41, 5.74) is 0. The average molecular weight is 140 g/mol. The zero-order chi connectivity index (χ0) is 6.97. The lowest BCUT2D eigenvalue weighted by Crippen LogP contribution is -2.45. The third-order valence-corrected chi connectivity index (χ3v) is 2.44. The van der Waals surface area contributed by atoms with Crippen molar-refractivity contribution in [1.82, 2.24) is 10.6 Å². The Morgan fingerprint density at radius 1 is 1.30 bits per heavy atom. The second-order valence-corrected chi connectivity index (χ2v) is 3.04. The molecular formula is C7H12N2O. The minimum Gasteiger partial charge on any atom is -0.356 e. The molecule has 3 heteroatoms. The maximum Gasteiger partial charge on any atom is 0.224 e. The molecule has 0 aromatic rings. The molecule has 0 spiro atoms. The average Bonchev–Trinajstić information content (AvgIpc) is 2.36. The molecular weight excluding hydrogens is 128 g/mol. The Morgan fingerprint density at radius 3 is 3.00 bits per heavy atom. The molecule has 2 saturated heterocycles. The quantitative estimate of drug-likeness (QED) is 0.475. The lowest BCUT2D eigenvalue weighted by atomic mass is 9.94. The van der Waals surface area contributed by atoms with Gasteiger partial charge in [-0.3, -0.25) is 4.79 Å². The predicted octanol–water partition coefficient (Wildman–Crippen LogP) is -0.516. The molecule has 0 saturated carbocycles. The summed E-state index contributed by atoms with van der Waals surface area (Å²) in [6.07, 6.45) is 2.13. The summed E-state index contributed by atoms with van der Waals surface area (Å²) in [6.45, 7) is 1.87. The maximum atomic E-state index is 11.1. The number of hydrogen-bond donors (Lipinski definition) is 2. The second kappa shape index (κ2) is 2.23. The van der Waals surface area contributed by atoms with Crippen molar-refractivity contribution in [2.45, 2.75) is 18.9 Å². The van der Waals surface area contributed by atoms with Crippen molar-refractivity contribution in [1.29, 1.82) is 0 Å². The number of fused-ring (bicyclic) bond motifs is 1. The highest BCUT2D eigenvalue weighted by molar-refractivity contribution is 5.80. The molecule has 2 rings (SSSR count).